The molecule has 2 bridgehead atoms. The average molecular weight is 530 g/mol. The van der Waals surface area contributed by atoms with Gasteiger partial charge in [-0.3, -0.25) is 4.79 Å². The molecule has 8 nitrogen and oxygen atoms in total. The molecule has 0 saturated carbocycles. The van der Waals surface area contributed by atoms with Crippen LogP contribution >= 0.6 is 0 Å². The Morgan fingerprint density at radius 1 is 1.24 bits per heavy atom. The van der Waals surface area contributed by atoms with Crippen LogP contribution in [0.1, 0.15) is 56.8 Å². The second-order valence-corrected chi connectivity index (χ2v) is 11.9. The molecule has 0 spiro atoms. The molecule has 2 aromatic carbocycles. The van der Waals surface area contributed by atoms with Crippen molar-refractivity contribution in [2.45, 2.75) is 32.0 Å². The smallest absolute Gasteiger partial charge is 0.387 e. The molecule has 1 fully saturated rings. The summed E-state index contributed by atoms with van der Waals surface area (Å²) in [6.07, 6.45) is 1.28. The lowest BCUT2D eigenvalue weighted by Crippen LogP contribution is -2.55. The number of rotatable bonds is 3. The van der Waals surface area contributed by atoms with Crippen LogP contribution in [-0.4, -0.2) is 66.0 Å². The van der Waals surface area contributed by atoms with Crippen LogP contribution in [0.5, 0.6) is 5.75 Å². The normalized spacial score (nSPS) is 23.8. The second kappa shape index (κ2) is 8.00. The maximum absolute atomic E-state index is 13.5. The Bertz CT molecular complexity index is 1740. The number of hydrogen-bond donors (Lipinski definition) is 0. The Labute approximate surface area is 217 Å². The van der Waals surface area contributed by atoms with Gasteiger partial charge in [-0.2, -0.15) is 13.1 Å². The zero-order valence-electron chi connectivity index (χ0n) is 22.9. The van der Waals surface area contributed by atoms with Gasteiger partial charge in [-0.05, 0) is 37.3 Å². The molecule has 192 valence electrons. The number of amides is 1. The van der Waals surface area contributed by atoms with E-state index in [4.69, 9.17) is 8.85 Å². The molecular formula is C26H24F2N4O4S. The molecule has 0 N–H and O–H groups in total. The van der Waals surface area contributed by atoms with Crippen molar-refractivity contribution >= 4 is 27.0 Å². The van der Waals surface area contributed by atoms with Gasteiger partial charge in [-0.25, -0.2) is 13.4 Å². The highest BCUT2D eigenvalue weighted by Gasteiger charge is 2.45. The number of ether oxygens (including phenoxy) is 1. The predicted molar refractivity (Wildman–Crippen MR) is 132 cm³/mol. The van der Waals surface area contributed by atoms with Crippen molar-refractivity contribution < 1.29 is 30.8 Å². The standard InChI is InChI=1S/C26H24F2N4O4S/c1-26(13-31(14-26)37(3,34)35)10-9-15-7-8-17-18(11-15)32-19-12-20(23(32)29-17)30(2)24(33)16-5-4-6-21(22(16)19)36-25(27)28/h4-8,11,19-20,25H,12-14H2,1-3H3/t19-,20-/m1/s1/i2D3. The lowest BCUT2D eigenvalue weighted by molar-refractivity contribution is -0.0507. The molecule has 4 heterocycles. The molecule has 3 aliphatic rings. The van der Waals surface area contributed by atoms with E-state index in [1.165, 1.54) is 22.5 Å². The number of imidazole rings is 1. The maximum atomic E-state index is 13.5. The topological polar surface area (TPSA) is 84.7 Å². The van der Waals surface area contributed by atoms with Gasteiger partial charge in [-0.1, -0.05) is 17.9 Å². The molecular weight excluding hydrogens is 502 g/mol. The van der Waals surface area contributed by atoms with E-state index in [9.17, 15) is 22.0 Å². The summed E-state index contributed by atoms with van der Waals surface area (Å²) in [5.74, 6) is 5.60. The Morgan fingerprint density at radius 3 is 2.73 bits per heavy atom. The summed E-state index contributed by atoms with van der Waals surface area (Å²) in [6, 6.07) is 7.80. The monoisotopic (exact) mass is 529 g/mol. The summed E-state index contributed by atoms with van der Waals surface area (Å²) in [4.78, 5) is 19.0. The van der Waals surface area contributed by atoms with E-state index in [0.717, 1.165) is 11.2 Å². The third-order valence-corrected chi connectivity index (χ3v) is 8.37. The second-order valence-electron chi connectivity index (χ2n) is 9.92. The molecule has 6 rings (SSSR count). The van der Waals surface area contributed by atoms with Gasteiger partial charge in [0.1, 0.15) is 11.6 Å². The van der Waals surface area contributed by atoms with Gasteiger partial charge >= 0.3 is 6.61 Å². The number of nitrogens with zero attached hydrogens (tertiary/aromatic N) is 4. The van der Waals surface area contributed by atoms with E-state index in [1.807, 2.05) is 6.92 Å². The van der Waals surface area contributed by atoms with Crippen molar-refractivity contribution in [3.8, 4) is 17.6 Å². The number of aromatic nitrogens is 2. The first-order chi connectivity index (χ1) is 18.7. The highest BCUT2D eigenvalue weighted by molar-refractivity contribution is 7.88. The number of benzene rings is 2. The van der Waals surface area contributed by atoms with Crippen molar-refractivity contribution in [1.82, 2.24) is 18.8 Å². The molecule has 0 aliphatic carbocycles. The minimum atomic E-state index is -3.29. The average Bonchev–Trinajstić information content (AvgIpc) is 3.32. The fraction of sp³-hybridized carbons (Fsp3) is 0.385. The van der Waals surface area contributed by atoms with E-state index in [2.05, 4.69) is 16.8 Å². The molecule has 37 heavy (non-hydrogen) atoms. The first kappa shape index (κ1) is 20.6. The number of sulfonamides is 1. The summed E-state index contributed by atoms with van der Waals surface area (Å²) in [7, 11) is -3.29. The van der Waals surface area contributed by atoms with Crippen LogP contribution in [0.4, 0.5) is 8.78 Å². The van der Waals surface area contributed by atoms with Crippen molar-refractivity contribution in [3.05, 3.63) is 58.9 Å². The molecule has 1 aromatic heterocycles. The molecule has 1 saturated heterocycles. The molecule has 2 atom stereocenters. The van der Waals surface area contributed by atoms with E-state index >= 15 is 0 Å². The zero-order valence-corrected chi connectivity index (χ0v) is 20.7. The Balaban J connectivity index is 1.48. The van der Waals surface area contributed by atoms with Crippen LogP contribution in [0.25, 0.3) is 11.0 Å². The minimum absolute atomic E-state index is 0.0152. The molecule has 3 aliphatic heterocycles. The van der Waals surface area contributed by atoms with E-state index in [1.54, 1.807) is 22.8 Å². The van der Waals surface area contributed by atoms with Gasteiger partial charge in [0, 0.05) is 47.3 Å². The predicted octanol–water partition coefficient (Wildman–Crippen LogP) is 3.39. The summed E-state index contributed by atoms with van der Waals surface area (Å²) >= 11 is 0. The summed E-state index contributed by atoms with van der Waals surface area (Å²) in [5, 5.41) is 0. The molecule has 11 heteroatoms. The fourth-order valence-corrected chi connectivity index (χ4v) is 6.49. The van der Waals surface area contributed by atoms with Gasteiger partial charge in [0.25, 0.3) is 5.91 Å². The highest BCUT2D eigenvalue weighted by Crippen LogP contribution is 2.50. The van der Waals surface area contributed by atoms with Crippen LogP contribution in [0.2, 0.25) is 0 Å². The van der Waals surface area contributed by atoms with Gasteiger partial charge in [0.05, 0.1) is 34.8 Å². The van der Waals surface area contributed by atoms with E-state index in [0.29, 0.717) is 22.4 Å². The van der Waals surface area contributed by atoms with Crippen molar-refractivity contribution in [2.24, 2.45) is 5.41 Å². The minimum Gasteiger partial charge on any atom is -0.434 e. The zero-order chi connectivity index (χ0) is 28.8. The van der Waals surface area contributed by atoms with Gasteiger partial charge in [-0.15, -0.1) is 0 Å². The number of fused-ring (bicyclic) bond motifs is 9. The Hall–Kier alpha value is -3.49. The number of carbonyl (C=O) groups excluding carboxylic acids is 1. The van der Waals surface area contributed by atoms with Gasteiger partial charge in [0.2, 0.25) is 10.0 Å². The van der Waals surface area contributed by atoms with Crippen LogP contribution in [0.3, 0.4) is 0 Å². The largest absolute Gasteiger partial charge is 0.434 e. The molecule has 3 aromatic rings. The summed E-state index contributed by atoms with van der Waals surface area (Å²) in [5.41, 5.74) is 1.41. The summed E-state index contributed by atoms with van der Waals surface area (Å²) in [6.45, 7) is -3.50. The molecule has 0 radical (unpaired) electrons. The third-order valence-electron chi connectivity index (χ3n) is 7.18. The first-order valence-corrected chi connectivity index (χ1v) is 13.4. The van der Waals surface area contributed by atoms with Gasteiger partial charge in [0.15, 0.2) is 0 Å². The Kier molecular flexibility index (Phi) is 4.45. The number of carbonyl (C=O) groups is 1. The maximum Gasteiger partial charge on any atom is 0.387 e. The number of alkyl halides is 2. The van der Waals surface area contributed by atoms with Crippen LogP contribution < -0.4 is 4.74 Å². The number of halogens is 2. The molecule has 0 unspecified atom stereocenters. The SMILES string of the molecule is [2H]C([2H])([2H])N1C(=O)c2cccc(OC(F)F)c2[C@H]2C[C@@H]1c1nc3ccc(C#CC4(C)CN(S(C)(=O)=O)C4)cc3n12. The van der Waals surface area contributed by atoms with Gasteiger partial charge < -0.3 is 14.2 Å². The van der Waals surface area contributed by atoms with Crippen LogP contribution in [0.15, 0.2) is 36.4 Å². The van der Waals surface area contributed by atoms with E-state index in [-0.39, 0.29) is 36.4 Å². The first-order valence-electron chi connectivity index (χ1n) is 13.1. The lowest BCUT2D eigenvalue weighted by Gasteiger charge is -2.42. The van der Waals surface area contributed by atoms with Crippen molar-refractivity contribution in [3.63, 3.8) is 0 Å². The summed E-state index contributed by atoms with van der Waals surface area (Å²) < 4.78 is 82.5. The third kappa shape index (κ3) is 3.78. The lowest BCUT2D eigenvalue weighted by atomic mass is 9.85. The Morgan fingerprint density at radius 2 is 2.03 bits per heavy atom. The van der Waals surface area contributed by atoms with E-state index < -0.39 is 47.0 Å². The highest BCUT2D eigenvalue weighted by atomic mass is 32.2. The van der Waals surface area contributed by atoms with Crippen molar-refractivity contribution in [2.75, 3.05) is 26.3 Å². The van der Waals surface area contributed by atoms with Crippen LogP contribution in [0, 0.1) is 17.3 Å². The number of hydrogen-bond acceptors (Lipinski definition) is 5. The van der Waals surface area contributed by atoms with Crippen molar-refractivity contribution in [1.29, 1.82) is 0 Å². The fourth-order valence-electron chi connectivity index (χ4n) is 5.46. The van der Waals surface area contributed by atoms with Crippen LogP contribution in [-0.2, 0) is 10.0 Å². The quantitative estimate of drug-likeness (QED) is 0.486. The molecule has 1 amide bonds.